The third kappa shape index (κ3) is 4.10. The van der Waals surface area contributed by atoms with E-state index in [0.29, 0.717) is 5.41 Å². The molecular formula is C16H27NS. The molecule has 1 nitrogen and oxygen atoms in total. The van der Waals surface area contributed by atoms with Gasteiger partial charge in [0.1, 0.15) is 0 Å². The van der Waals surface area contributed by atoms with Gasteiger partial charge in [0.2, 0.25) is 0 Å². The van der Waals surface area contributed by atoms with E-state index in [-0.39, 0.29) is 0 Å². The van der Waals surface area contributed by atoms with Gasteiger partial charge in [0, 0.05) is 17.5 Å². The lowest BCUT2D eigenvalue weighted by Gasteiger charge is -2.29. The van der Waals surface area contributed by atoms with Crippen LogP contribution in [0.4, 0.5) is 0 Å². The molecule has 0 aliphatic heterocycles. The summed E-state index contributed by atoms with van der Waals surface area (Å²) in [6, 6.07) is 5.11. The quantitative estimate of drug-likeness (QED) is 0.772. The molecule has 0 aromatic carbocycles. The first-order chi connectivity index (χ1) is 8.55. The van der Waals surface area contributed by atoms with E-state index in [9.17, 15) is 0 Å². The maximum absolute atomic E-state index is 3.75. The summed E-state index contributed by atoms with van der Waals surface area (Å²) in [5.74, 6) is 0.908. The van der Waals surface area contributed by atoms with Crippen LogP contribution in [0.2, 0.25) is 0 Å². The predicted octanol–water partition coefficient (Wildman–Crippen LogP) is 4.83. The second-order valence-electron chi connectivity index (χ2n) is 6.73. The summed E-state index contributed by atoms with van der Waals surface area (Å²) >= 11 is 1.86. The van der Waals surface area contributed by atoms with Gasteiger partial charge in [-0.1, -0.05) is 33.3 Å². The first-order valence-electron chi connectivity index (χ1n) is 7.31. The molecule has 1 saturated carbocycles. The fourth-order valence-corrected chi connectivity index (χ4v) is 3.69. The van der Waals surface area contributed by atoms with Crippen molar-refractivity contribution in [2.75, 3.05) is 0 Å². The number of thiophene rings is 1. The van der Waals surface area contributed by atoms with E-state index in [1.54, 1.807) is 0 Å². The van der Waals surface area contributed by atoms with Gasteiger partial charge in [0.25, 0.3) is 0 Å². The molecule has 0 bridgehead atoms. The van der Waals surface area contributed by atoms with E-state index in [1.807, 2.05) is 11.3 Å². The highest BCUT2D eigenvalue weighted by Crippen LogP contribution is 2.36. The highest BCUT2D eigenvalue weighted by Gasteiger charge is 2.27. The molecule has 2 rings (SSSR count). The zero-order chi connectivity index (χ0) is 13.0. The molecule has 2 heteroatoms. The zero-order valence-corrected chi connectivity index (χ0v) is 12.9. The maximum Gasteiger partial charge on any atom is 0.0302 e. The highest BCUT2D eigenvalue weighted by molar-refractivity contribution is 7.09. The standard InChI is InChI=1S/C16H27NS/c1-16(2,3)13-6-4-7-14(10-9-13)17-12-15-8-5-11-18-15/h5,8,11,13-14,17H,4,6-7,9-10,12H2,1-3H3. The lowest BCUT2D eigenvalue weighted by Crippen LogP contribution is -2.28. The van der Waals surface area contributed by atoms with Crippen molar-refractivity contribution in [1.82, 2.24) is 5.32 Å². The van der Waals surface area contributed by atoms with Crippen molar-refractivity contribution in [2.45, 2.75) is 65.5 Å². The Morgan fingerprint density at radius 1 is 1.22 bits per heavy atom. The van der Waals surface area contributed by atoms with Gasteiger partial charge in [-0.25, -0.2) is 0 Å². The molecule has 18 heavy (non-hydrogen) atoms. The Morgan fingerprint density at radius 2 is 2.06 bits per heavy atom. The summed E-state index contributed by atoms with van der Waals surface area (Å²) in [4.78, 5) is 1.46. The molecule has 1 aromatic rings. The molecule has 1 heterocycles. The number of hydrogen-bond donors (Lipinski definition) is 1. The second kappa shape index (κ2) is 6.21. The molecule has 0 spiro atoms. The van der Waals surface area contributed by atoms with Crippen LogP contribution in [0, 0.1) is 11.3 Å². The van der Waals surface area contributed by atoms with Crippen LogP contribution in [0.25, 0.3) is 0 Å². The fourth-order valence-electron chi connectivity index (χ4n) is 3.03. The van der Waals surface area contributed by atoms with Gasteiger partial charge in [0.05, 0.1) is 0 Å². The zero-order valence-electron chi connectivity index (χ0n) is 12.0. The Balaban J connectivity index is 1.78. The lowest BCUT2D eigenvalue weighted by atomic mass is 9.76. The first kappa shape index (κ1) is 14.1. The largest absolute Gasteiger partial charge is 0.309 e. The number of rotatable bonds is 3. The molecule has 2 unspecified atom stereocenters. The molecule has 0 radical (unpaired) electrons. The normalized spacial score (nSPS) is 25.9. The summed E-state index contributed by atoms with van der Waals surface area (Å²) in [6.45, 7) is 8.26. The lowest BCUT2D eigenvalue weighted by molar-refractivity contribution is 0.213. The van der Waals surface area contributed by atoms with Gasteiger partial charge in [-0.3, -0.25) is 0 Å². The summed E-state index contributed by atoms with van der Waals surface area (Å²) in [7, 11) is 0. The van der Waals surface area contributed by atoms with Crippen LogP contribution in [-0.2, 0) is 6.54 Å². The minimum atomic E-state index is 0.489. The molecule has 0 saturated heterocycles. The molecule has 1 N–H and O–H groups in total. The molecule has 1 aliphatic rings. The van der Waals surface area contributed by atoms with Crippen molar-refractivity contribution in [1.29, 1.82) is 0 Å². The minimum absolute atomic E-state index is 0.489. The summed E-state index contributed by atoms with van der Waals surface area (Å²) in [6.07, 6.45) is 6.92. The number of nitrogens with one attached hydrogen (secondary N) is 1. The third-order valence-corrected chi connectivity index (χ3v) is 5.21. The molecular weight excluding hydrogens is 238 g/mol. The Morgan fingerprint density at radius 3 is 2.72 bits per heavy atom. The van der Waals surface area contributed by atoms with Crippen LogP contribution in [0.15, 0.2) is 17.5 Å². The van der Waals surface area contributed by atoms with Gasteiger partial charge < -0.3 is 5.32 Å². The van der Waals surface area contributed by atoms with Crippen LogP contribution < -0.4 is 5.32 Å². The van der Waals surface area contributed by atoms with Crippen molar-refractivity contribution < 1.29 is 0 Å². The van der Waals surface area contributed by atoms with E-state index < -0.39 is 0 Å². The Hall–Kier alpha value is -0.340. The topological polar surface area (TPSA) is 12.0 Å². The van der Waals surface area contributed by atoms with Crippen molar-refractivity contribution in [3.8, 4) is 0 Å². The summed E-state index contributed by atoms with van der Waals surface area (Å²) < 4.78 is 0. The smallest absolute Gasteiger partial charge is 0.0302 e. The van der Waals surface area contributed by atoms with Gasteiger partial charge in [-0.15, -0.1) is 11.3 Å². The van der Waals surface area contributed by atoms with Gasteiger partial charge in [-0.2, -0.15) is 0 Å². The average molecular weight is 265 g/mol. The monoisotopic (exact) mass is 265 g/mol. The Kier molecular flexibility index (Phi) is 4.85. The Labute approximate surface area is 116 Å². The van der Waals surface area contributed by atoms with Crippen LogP contribution in [0.1, 0.15) is 57.8 Å². The third-order valence-electron chi connectivity index (χ3n) is 4.34. The molecule has 2 atom stereocenters. The number of hydrogen-bond acceptors (Lipinski definition) is 2. The van der Waals surface area contributed by atoms with Gasteiger partial charge in [-0.05, 0) is 48.5 Å². The summed E-state index contributed by atoms with van der Waals surface area (Å²) in [5, 5.41) is 5.91. The minimum Gasteiger partial charge on any atom is -0.309 e. The molecule has 0 amide bonds. The van der Waals surface area contributed by atoms with Gasteiger partial charge >= 0.3 is 0 Å². The second-order valence-corrected chi connectivity index (χ2v) is 7.76. The Bertz CT molecular complexity index is 336. The van der Waals surface area contributed by atoms with Crippen molar-refractivity contribution in [3.05, 3.63) is 22.4 Å². The summed E-state index contributed by atoms with van der Waals surface area (Å²) in [5.41, 5.74) is 0.489. The SMILES string of the molecule is CC(C)(C)C1CCCC(NCc2cccs2)CC1. The van der Waals surface area contributed by atoms with Crippen LogP contribution >= 0.6 is 11.3 Å². The maximum atomic E-state index is 3.75. The van der Waals surface area contributed by atoms with E-state index in [2.05, 4.69) is 43.6 Å². The van der Waals surface area contributed by atoms with Crippen molar-refractivity contribution >= 4 is 11.3 Å². The van der Waals surface area contributed by atoms with Crippen LogP contribution in [-0.4, -0.2) is 6.04 Å². The van der Waals surface area contributed by atoms with E-state index in [0.717, 1.165) is 18.5 Å². The molecule has 1 aliphatic carbocycles. The van der Waals surface area contributed by atoms with E-state index in [4.69, 9.17) is 0 Å². The van der Waals surface area contributed by atoms with E-state index in [1.165, 1.54) is 37.0 Å². The van der Waals surface area contributed by atoms with Crippen molar-refractivity contribution in [3.63, 3.8) is 0 Å². The first-order valence-corrected chi connectivity index (χ1v) is 8.19. The average Bonchev–Trinajstić information content (AvgIpc) is 2.69. The highest BCUT2D eigenvalue weighted by atomic mass is 32.1. The fraction of sp³-hybridized carbons (Fsp3) is 0.750. The predicted molar refractivity (Wildman–Crippen MR) is 81.0 cm³/mol. The molecule has 1 fully saturated rings. The molecule has 1 aromatic heterocycles. The van der Waals surface area contributed by atoms with Gasteiger partial charge in [0.15, 0.2) is 0 Å². The molecule has 102 valence electrons. The van der Waals surface area contributed by atoms with Crippen molar-refractivity contribution in [2.24, 2.45) is 11.3 Å². The van der Waals surface area contributed by atoms with Crippen LogP contribution in [0.5, 0.6) is 0 Å². The van der Waals surface area contributed by atoms with Crippen LogP contribution in [0.3, 0.4) is 0 Å². The van der Waals surface area contributed by atoms with E-state index >= 15 is 0 Å².